The number of methoxy groups -OCH3 is 1. The van der Waals surface area contributed by atoms with Crippen molar-refractivity contribution < 1.29 is 19.7 Å². The van der Waals surface area contributed by atoms with E-state index in [9.17, 15) is 15.0 Å². The van der Waals surface area contributed by atoms with Crippen LogP contribution in [0.4, 0.5) is 0 Å². The number of hydrogen-bond acceptors (Lipinski definition) is 4. The van der Waals surface area contributed by atoms with Gasteiger partial charge >= 0.3 is 0 Å². The molecule has 0 radical (unpaired) electrons. The van der Waals surface area contributed by atoms with E-state index in [0.717, 1.165) is 19.3 Å². The van der Waals surface area contributed by atoms with Gasteiger partial charge in [0.15, 0.2) is 0 Å². The van der Waals surface area contributed by atoms with Crippen LogP contribution >= 0.6 is 0 Å². The quantitative estimate of drug-likeness (QED) is 0.772. The van der Waals surface area contributed by atoms with Gasteiger partial charge in [-0.1, -0.05) is 12.8 Å². The SMILES string of the molecule is COc1ccc(O)c(C(=O)N[C@H]2CCCC[C@@H]2O)c1. The lowest BCUT2D eigenvalue weighted by atomic mass is 9.92. The summed E-state index contributed by atoms with van der Waals surface area (Å²) in [5, 5.41) is 22.3. The summed E-state index contributed by atoms with van der Waals surface area (Å²) in [5.74, 6) is 0.0260. The maximum absolute atomic E-state index is 12.1. The van der Waals surface area contributed by atoms with E-state index < -0.39 is 6.10 Å². The number of nitrogens with one attached hydrogen (secondary N) is 1. The third kappa shape index (κ3) is 3.17. The molecule has 0 spiro atoms. The Morgan fingerprint density at radius 2 is 2.11 bits per heavy atom. The average molecular weight is 265 g/mol. The van der Waals surface area contributed by atoms with Crippen LogP contribution in [0.3, 0.4) is 0 Å². The molecule has 1 aromatic rings. The van der Waals surface area contributed by atoms with Crippen LogP contribution in [0.2, 0.25) is 0 Å². The Labute approximate surface area is 112 Å². The molecule has 2 atom stereocenters. The summed E-state index contributed by atoms with van der Waals surface area (Å²) in [7, 11) is 1.50. The van der Waals surface area contributed by atoms with E-state index in [0.29, 0.717) is 12.2 Å². The molecule has 1 amide bonds. The highest BCUT2D eigenvalue weighted by Crippen LogP contribution is 2.24. The number of carbonyl (C=O) groups excluding carboxylic acids is 1. The van der Waals surface area contributed by atoms with Crippen LogP contribution in [0.15, 0.2) is 18.2 Å². The molecular formula is C14H19NO4. The fourth-order valence-electron chi connectivity index (χ4n) is 2.35. The first kappa shape index (κ1) is 13.7. The minimum absolute atomic E-state index is 0.0939. The zero-order chi connectivity index (χ0) is 13.8. The van der Waals surface area contributed by atoms with Gasteiger partial charge in [-0.25, -0.2) is 0 Å². The van der Waals surface area contributed by atoms with Crippen LogP contribution in [0.1, 0.15) is 36.0 Å². The first-order valence-corrected chi connectivity index (χ1v) is 6.47. The van der Waals surface area contributed by atoms with Crippen molar-refractivity contribution >= 4 is 5.91 Å². The molecule has 104 valence electrons. The van der Waals surface area contributed by atoms with Crippen molar-refractivity contribution in [2.45, 2.75) is 37.8 Å². The molecule has 3 N–H and O–H groups in total. The molecular weight excluding hydrogens is 246 g/mol. The minimum atomic E-state index is -0.509. The van der Waals surface area contributed by atoms with Crippen molar-refractivity contribution in [3.63, 3.8) is 0 Å². The van der Waals surface area contributed by atoms with Gasteiger partial charge < -0.3 is 20.3 Å². The van der Waals surface area contributed by atoms with Crippen molar-refractivity contribution in [2.75, 3.05) is 7.11 Å². The lowest BCUT2D eigenvalue weighted by molar-refractivity contribution is 0.0715. The second-order valence-corrected chi connectivity index (χ2v) is 4.81. The summed E-state index contributed by atoms with van der Waals surface area (Å²) in [4.78, 5) is 12.1. The summed E-state index contributed by atoms with van der Waals surface area (Å²) in [6.07, 6.45) is 2.93. The second kappa shape index (κ2) is 5.93. The van der Waals surface area contributed by atoms with Gasteiger partial charge in [0.05, 0.1) is 24.8 Å². The zero-order valence-electron chi connectivity index (χ0n) is 10.9. The van der Waals surface area contributed by atoms with Crippen LogP contribution in [0.25, 0.3) is 0 Å². The van der Waals surface area contributed by atoms with E-state index in [1.54, 1.807) is 6.07 Å². The predicted molar refractivity (Wildman–Crippen MR) is 70.4 cm³/mol. The highest BCUT2D eigenvalue weighted by atomic mass is 16.5. The lowest BCUT2D eigenvalue weighted by Gasteiger charge is -2.28. The molecule has 5 nitrogen and oxygen atoms in total. The number of benzene rings is 1. The van der Waals surface area contributed by atoms with Gasteiger partial charge in [-0.3, -0.25) is 4.79 Å². The number of phenolic OH excluding ortho intramolecular Hbond substituents is 1. The highest BCUT2D eigenvalue weighted by Gasteiger charge is 2.25. The first-order chi connectivity index (χ1) is 9.11. The van der Waals surface area contributed by atoms with Crippen LogP contribution in [0.5, 0.6) is 11.5 Å². The van der Waals surface area contributed by atoms with E-state index in [2.05, 4.69) is 5.32 Å². The summed E-state index contributed by atoms with van der Waals surface area (Å²) in [6, 6.07) is 4.25. The number of aliphatic hydroxyl groups excluding tert-OH is 1. The summed E-state index contributed by atoms with van der Waals surface area (Å²) in [5.41, 5.74) is 0.164. The van der Waals surface area contributed by atoms with Gasteiger partial charge in [-0.15, -0.1) is 0 Å². The number of aromatic hydroxyl groups is 1. The Bertz CT molecular complexity index is 461. The average Bonchev–Trinajstić information content (AvgIpc) is 2.42. The summed E-state index contributed by atoms with van der Waals surface area (Å²) >= 11 is 0. The van der Waals surface area contributed by atoms with Gasteiger partial charge in [-0.05, 0) is 31.0 Å². The molecule has 1 fully saturated rings. The summed E-state index contributed by atoms with van der Waals surface area (Å²) < 4.78 is 5.03. The molecule has 2 rings (SSSR count). The van der Waals surface area contributed by atoms with E-state index in [1.807, 2.05) is 0 Å². The Morgan fingerprint density at radius 3 is 2.79 bits per heavy atom. The van der Waals surface area contributed by atoms with E-state index >= 15 is 0 Å². The standard InChI is InChI=1S/C14H19NO4/c1-19-9-6-7-12(16)10(8-9)14(18)15-11-4-2-3-5-13(11)17/h6-8,11,13,16-17H,2-5H2,1H3,(H,15,18)/t11-,13-/m0/s1. The second-order valence-electron chi connectivity index (χ2n) is 4.81. The van der Waals surface area contributed by atoms with Crippen LogP contribution in [-0.4, -0.2) is 35.4 Å². The Hall–Kier alpha value is -1.75. The third-order valence-electron chi connectivity index (χ3n) is 3.49. The number of amides is 1. The normalized spacial score (nSPS) is 22.8. The Balaban J connectivity index is 2.10. The molecule has 0 heterocycles. The van der Waals surface area contributed by atoms with Gasteiger partial charge in [0.25, 0.3) is 5.91 Å². The van der Waals surface area contributed by atoms with Crippen molar-refractivity contribution in [3.8, 4) is 11.5 Å². The Morgan fingerprint density at radius 1 is 1.37 bits per heavy atom. The van der Waals surface area contributed by atoms with Gasteiger partial charge in [0.1, 0.15) is 11.5 Å². The predicted octanol–water partition coefficient (Wildman–Crippen LogP) is 1.43. The van der Waals surface area contributed by atoms with Crippen LogP contribution < -0.4 is 10.1 Å². The largest absolute Gasteiger partial charge is 0.507 e. The molecule has 0 aliphatic heterocycles. The van der Waals surface area contributed by atoms with Crippen molar-refractivity contribution in [1.82, 2.24) is 5.32 Å². The molecule has 1 aromatic carbocycles. The maximum atomic E-state index is 12.1. The van der Waals surface area contributed by atoms with Crippen LogP contribution in [0, 0.1) is 0 Å². The monoisotopic (exact) mass is 265 g/mol. The molecule has 1 aliphatic carbocycles. The number of ether oxygens (including phenoxy) is 1. The molecule has 0 bridgehead atoms. The minimum Gasteiger partial charge on any atom is -0.507 e. The van der Waals surface area contributed by atoms with Gasteiger partial charge in [0.2, 0.25) is 0 Å². The number of phenols is 1. The highest BCUT2D eigenvalue weighted by molar-refractivity contribution is 5.97. The van der Waals surface area contributed by atoms with Crippen molar-refractivity contribution in [3.05, 3.63) is 23.8 Å². The molecule has 1 aliphatic rings. The number of carbonyl (C=O) groups is 1. The first-order valence-electron chi connectivity index (χ1n) is 6.47. The zero-order valence-corrected chi connectivity index (χ0v) is 10.9. The van der Waals surface area contributed by atoms with E-state index in [1.165, 1.54) is 19.2 Å². The molecule has 1 saturated carbocycles. The van der Waals surface area contributed by atoms with Crippen molar-refractivity contribution in [2.24, 2.45) is 0 Å². The third-order valence-corrected chi connectivity index (χ3v) is 3.49. The van der Waals surface area contributed by atoms with Gasteiger partial charge in [0, 0.05) is 0 Å². The molecule has 5 heteroatoms. The fraction of sp³-hybridized carbons (Fsp3) is 0.500. The molecule has 0 aromatic heterocycles. The molecule has 0 saturated heterocycles. The smallest absolute Gasteiger partial charge is 0.255 e. The number of hydrogen-bond donors (Lipinski definition) is 3. The number of aliphatic hydroxyl groups is 1. The van der Waals surface area contributed by atoms with E-state index in [4.69, 9.17) is 4.74 Å². The van der Waals surface area contributed by atoms with E-state index in [-0.39, 0.29) is 23.3 Å². The van der Waals surface area contributed by atoms with Gasteiger partial charge in [-0.2, -0.15) is 0 Å². The Kier molecular flexibility index (Phi) is 4.27. The topological polar surface area (TPSA) is 78.8 Å². The maximum Gasteiger partial charge on any atom is 0.255 e. The molecule has 0 unspecified atom stereocenters. The number of rotatable bonds is 3. The lowest BCUT2D eigenvalue weighted by Crippen LogP contribution is -2.45. The molecule has 19 heavy (non-hydrogen) atoms. The van der Waals surface area contributed by atoms with Crippen molar-refractivity contribution in [1.29, 1.82) is 0 Å². The fourth-order valence-corrected chi connectivity index (χ4v) is 2.35. The van der Waals surface area contributed by atoms with Crippen LogP contribution in [-0.2, 0) is 0 Å². The summed E-state index contributed by atoms with van der Waals surface area (Å²) in [6.45, 7) is 0.